The van der Waals surface area contributed by atoms with Crippen LogP contribution >= 0.6 is 0 Å². The van der Waals surface area contributed by atoms with E-state index < -0.39 is 0 Å². The van der Waals surface area contributed by atoms with Gasteiger partial charge in [-0.2, -0.15) is 0 Å². The van der Waals surface area contributed by atoms with E-state index >= 15 is 0 Å². The molecule has 0 spiro atoms. The number of rotatable bonds is 4. The second kappa shape index (κ2) is 4.46. The molecule has 14 heavy (non-hydrogen) atoms. The molecule has 0 aliphatic heterocycles. The zero-order valence-corrected chi connectivity index (χ0v) is 8.24. The standard InChI is InChI=1S/C11H12O3/c1-4-14-11-7-9(8(2)12)5-6-10(11)13-3/h4-7H,1H2,2-3H3. The maximum Gasteiger partial charge on any atom is 0.169 e. The van der Waals surface area contributed by atoms with Crippen LogP contribution in [0.15, 0.2) is 31.0 Å². The number of methoxy groups -OCH3 is 1. The first-order valence-corrected chi connectivity index (χ1v) is 4.15. The normalized spacial score (nSPS) is 9.29. The Balaban J connectivity index is 3.13. The van der Waals surface area contributed by atoms with E-state index in [1.165, 1.54) is 13.2 Å². The van der Waals surface area contributed by atoms with Crippen LogP contribution in [-0.4, -0.2) is 12.9 Å². The molecule has 0 aliphatic rings. The molecular weight excluding hydrogens is 180 g/mol. The first-order valence-electron chi connectivity index (χ1n) is 4.15. The number of carbonyl (C=O) groups is 1. The molecule has 1 rings (SSSR count). The summed E-state index contributed by atoms with van der Waals surface area (Å²) in [5.41, 5.74) is 0.586. The number of benzene rings is 1. The molecule has 0 amide bonds. The van der Waals surface area contributed by atoms with E-state index in [1.807, 2.05) is 0 Å². The highest BCUT2D eigenvalue weighted by Crippen LogP contribution is 2.28. The summed E-state index contributed by atoms with van der Waals surface area (Å²) in [5.74, 6) is 1.06. The lowest BCUT2D eigenvalue weighted by molar-refractivity contribution is 0.101. The number of carbonyl (C=O) groups excluding carboxylic acids is 1. The van der Waals surface area contributed by atoms with E-state index in [2.05, 4.69) is 6.58 Å². The summed E-state index contributed by atoms with van der Waals surface area (Å²) in [6.07, 6.45) is 1.29. The average molecular weight is 192 g/mol. The van der Waals surface area contributed by atoms with Gasteiger partial charge in [0, 0.05) is 5.56 Å². The van der Waals surface area contributed by atoms with E-state index in [1.54, 1.807) is 25.3 Å². The molecule has 3 nitrogen and oxygen atoms in total. The van der Waals surface area contributed by atoms with Gasteiger partial charge >= 0.3 is 0 Å². The van der Waals surface area contributed by atoms with Crippen LogP contribution in [0.5, 0.6) is 11.5 Å². The predicted octanol–water partition coefficient (Wildman–Crippen LogP) is 2.42. The van der Waals surface area contributed by atoms with E-state index in [4.69, 9.17) is 9.47 Å². The molecule has 0 fully saturated rings. The third kappa shape index (κ3) is 2.13. The summed E-state index contributed by atoms with van der Waals surface area (Å²) in [5, 5.41) is 0. The maximum atomic E-state index is 11.1. The molecule has 0 N–H and O–H groups in total. The van der Waals surface area contributed by atoms with Gasteiger partial charge in [-0.3, -0.25) is 4.79 Å². The molecule has 1 aromatic rings. The van der Waals surface area contributed by atoms with Crippen LogP contribution in [-0.2, 0) is 0 Å². The second-order valence-electron chi connectivity index (χ2n) is 2.71. The van der Waals surface area contributed by atoms with Gasteiger partial charge in [0.2, 0.25) is 0 Å². The van der Waals surface area contributed by atoms with Crippen molar-refractivity contribution in [2.75, 3.05) is 7.11 Å². The highest BCUT2D eigenvalue weighted by molar-refractivity contribution is 5.94. The lowest BCUT2D eigenvalue weighted by atomic mass is 10.1. The van der Waals surface area contributed by atoms with Crippen molar-refractivity contribution in [2.45, 2.75) is 6.92 Å². The highest BCUT2D eigenvalue weighted by Gasteiger charge is 2.06. The molecule has 3 heteroatoms. The summed E-state index contributed by atoms with van der Waals surface area (Å²) >= 11 is 0. The quantitative estimate of drug-likeness (QED) is 0.543. The second-order valence-corrected chi connectivity index (χ2v) is 2.71. The Hall–Kier alpha value is -1.77. The summed E-state index contributed by atoms with van der Waals surface area (Å²) in [7, 11) is 1.54. The van der Waals surface area contributed by atoms with Crippen LogP contribution < -0.4 is 9.47 Å². The lowest BCUT2D eigenvalue weighted by Crippen LogP contribution is -1.95. The third-order valence-electron chi connectivity index (χ3n) is 1.78. The van der Waals surface area contributed by atoms with Crippen molar-refractivity contribution in [1.29, 1.82) is 0 Å². The number of ketones is 1. The SMILES string of the molecule is C=COc1cc(C(C)=O)ccc1OC. The number of ether oxygens (including phenoxy) is 2. The highest BCUT2D eigenvalue weighted by atomic mass is 16.5. The molecule has 0 aliphatic carbocycles. The zero-order valence-electron chi connectivity index (χ0n) is 8.24. The Kier molecular flexibility index (Phi) is 3.29. The van der Waals surface area contributed by atoms with Crippen molar-refractivity contribution in [2.24, 2.45) is 0 Å². The minimum Gasteiger partial charge on any atom is -0.493 e. The van der Waals surface area contributed by atoms with Gasteiger partial charge in [0.25, 0.3) is 0 Å². The van der Waals surface area contributed by atoms with Crippen LogP contribution in [0.2, 0.25) is 0 Å². The summed E-state index contributed by atoms with van der Waals surface area (Å²) in [6, 6.07) is 5.01. The first-order chi connectivity index (χ1) is 6.69. The number of hydrogen-bond acceptors (Lipinski definition) is 3. The molecule has 0 atom stereocenters. The molecule has 0 unspecified atom stereocenters. The van der Waals surface area contributed by atoms with Gasteiger partial charge in [0.15, 0.2) is 17.3 Å². The molecular formula is C11H12O3. The van der Waals surface area contributed by atoms with Crippen LogP contribution in [0, 0.1) is 0 Å². The monoisotopic (exact) mass is 192 g/mol. The molecule has 0 bridgehead atoms. The fraction of sp³-hybridized carbons (Fsp3) is 0.182. The zero-order chi connectivity index (χ0) is 10.6. The third-order valence-corrected chi connectivity index (χ3v) is 1.78. The Bertz CT molecular complexity index is 356. The molecule has 0 saturated heterocycles. The lowest BCUT2D eigenvalue weighted by Gasteiger charge is -2.07. The fourth-order valence-electron chi connectivity index (χ4n) is 1.08. The number of hydrogen-bond donors (Lipinski definition) is 0. The van der Waals surface area contributed by atoms with Crippen molar-refractivity contribution < 1.29 is 14.3 Å². The van der Waals surface area contributed by atoms with Crippen molar-refractivity contribution in [1.82, 2.24) is 0 Å². The van der Waals surface area contributed by atoms with Gasteiger partial charge in [-0.25, -0.2) is 0 Å². The molecule has 0 heterocycles. The van der Waals surface area contributed by atoms with Crippen molar-refractivity contribution >= 4 is 5.78 Å². The topological polar surface area (TPSA) is 35.5 Å². The van der Waals surface area contributed by atoms with Crippen LogP contribution in [0.4, 0.5) is 0 Å². The van der Waals surface area contributed by atoms with Crippen LogP contribution in [0.25, 0.3) is 0 Å². The van der Waals surface area contributed by atoms with Gasteiger partial charge in [-0.15, -0.1) is 0 Å². The van der Waals surface area contributed by atoms with Crippen LogP contribution in [0.1, 0.15) is 17.3 Å². The maximum absolute atomic E-state index is 11.1. The Labute approximate surface area is 83.0 Å². The minimum absolute atomic E-state index is 0.0124. The van der Waals surface area contributed by atoms with Crippen molar-refractivity contribution in [3.63, 3.8) is 0 Å². The molecule has 0 saturated carbocycles. The minimum atomic E-state index is -0.0124. The summed E-state index contributed by atoms with van der Waals surface area (Å²) in [6.45, 7) is 4.94. The molecule has 0 aromatic heterocycles. The smallest absolute Gasteiger partial charge is 0.169 e. The Morgan fingerprint density at radius 3 is 2.64 bits per heavy atom. The molecule has 0 radical (unpaired) electrons. The van der Waals surface area contributed by atoms with E-state index in [0.717, 1.165) is 0 Å². The largest absolute Gasteiger partial charge is 0.493 e. The summed E-state index contributed by atoms with van der Waals surface area (Å²) in [4.78, 5) is 11.1. The molecule has 1 aromatic carbocycles. The van der Waals surface area contributed by atoms with Gasteiger partial charge in [-0.1, -0.05) is 6.58 Å². The average Bonchev–Trinajstić information content (AvgIpc) is 2.18. The van der Waals surface area contributed by atoms with Crippen LogP contribution in [0.3, 0.4) is 0 Å². The van der Waals surface area contributed by atoms with Gasteiger partial charge in [0.05, 0.1) is 13.4 Å². The van der Waals surface area contributed by atoms with Gasteiger partial charge in [-0.05, 0) is 25.1 Å². The van der Waals surface area contributed by atoms with E-state index in [0.29, 0.717) is 17.1 Å². The van der Waals surface area contributed by atoms with Gasteiger partial charge < -0.3 is 9.47 Å². The van der Waals surface area contributed by atoms with Gasteiger partial charge in [0.1, 0.15) is 0 Å². The Morgan fingerprint density at radius 1 is 1.43 bits per heavy atom. The van der Waals surface area contributed by atoms with E-state index in [-0.39, 0.29) is 5.78 Å². The number of Topliss-reactive ketones (excluding diaryl/α,β-unsaturated/α-hetero) is 1. The van der Waals surface area contributed by atoms with E-state index in [9.17, 15) is 4.79 Å². The fourth-order valence-corrected chi connectivity index (χ4v) is 1.08. The van der Waals surface area contributed by atoms with Crippen molar-refractivity contribution in [3.8, 4) is 11.5 Å². The predicted molar refractivity (Wildman–Crippen MR) is 53.8 cm³/mol. The van der Waals surface area contributed by atoms with Crippen molar-refractivity contribution in [3.05, 3.63) is 36.6 Å². The summed E-state index contributed by atoms with van der Waals surface area (Å²) < 4.78 is 10.2. The Morgan fingerprint density at radius 2 is 2.14 bits per heavy atom. The first kappa shape index (κ1) is 10.3. The molecule has 74 valence electrons.